The Morgan fingerprint density at radius 2 is 1.57 bits per heavy atom. The molecule has 0 radical (unpaired) electrons. The van der Waals surface area contributed by atoms with E-state index in [4.69, 9.17) is 23.7 Å². The molecule has 0 aromatic rings. The third-order valence-corrected chi connectivity index (χ3v) is 14.8. The van der Waals surface area contributed by atoms with Crippen LogP contribution in [0.1, 0.15) is 132 Å². The van der Waals surface area contributed by atoms with Crippen LogP contribution in [0.5, 0.6) is 0 Å². The number of piperidine rings is 1. The number of rotatable bonds is 6. The number of aliphatic hydroxyl groups excluding tert-OH is 1. The number of Topliss-reactive ketones (excluding diaryl/α,β-unsaturated/α-hetero) is 3. The number of carbonyl (C=O) groups is 5. The largest absolute Gasteiger partial charge is 0.460 e. The first-order valence-electron chi connectivity index (χ1n) is 24.2. The van der Waals surface area contributed by atoms with Crippen LogP contribution in [0.3, 0.4) is 0 Å². The molecule has 0 spiro atoms. The molecule has 13 nitrogen and oxygen atoms in total. The molecule has 3 fully saturated rings. The molecule has 3 aliphatic heterocycles. The third kappa shape index (κ3) is 14.3. The van der Waals surface area contributed by atoms with E-state index in [0.29, 0.717) is 56.4 Å². The van der Waals surface area contributed by atoms with Crippen LogP contribution in [0.2, 0.25) is 0 Å². The number of carbonyl (C=O) groups excluding carboxylic acids is 5. The number of fused-ring (bicyclic) bond motifs is 3. The molecule has 4 rings (SSSR count). The van der Waals surface area contributed by atoms with Crippen molar-refractivity contribution in [2.75, 3.05) is 27.9 Å². The maximum atomic E-state index is 14.4. The van der Waals surface area contributed by atoms with Gasteiger partial charge in [-0.15, -0.1) is 0 Å². The number of allylic oxidation sites excluding steroid dienone is 6. The summed E-state index contributed by atoms with van der Waals surface area (Å²) in [4.78, 5) is 71.9. The Morgan fingerprint density at radius 1 is 0.846 bits per heavy atom. The standard InChI is InChI=1S/C52H81NO12/c1-31-17-13-12-14-18-32(2)44(62-10)29-40-23-21-38(8)52(60,65-40)49(57)50(58)53-24-16-15-19-41(53)51(59)64-45(35(5)27-39-22-20-33(3)43(28-39)61-9)30-42(54)34(4)26-37(7)47(56)48(63-11)46(55)36(6)25-31/h12-14,17-18,26,31,33-36,38-41,43-45,47-48,56,60H,15-16,19-25,27-30H2,1-11H3/b14-12+,17-13+,32-18+,37-26+/t31-,33?,34-,35-,36?,38-,39+,40+,41+,43-,44+,45+,47-,48?,52-/m1/s1. The SMILES string of the molecule is COC1C(=O)C(C)C[C@H](C)/C=C/C=C/C=C(\C)[C@@H](OC)C[C@@H]2CC[C@@H](C)[C@@](O)(O2)C(=O)C(=O)N2CCCC[C@H]2C(=O)O[C@H]([C@H](C)C[C@@H]2CCC(C)[C@H](OC)C2)CC(=O)[C@H](C)/C=C(\C)[C@H]1O. The molecule has 2 N–H and O–H groups in total. The second kappa shape index (κ2) is 25.2. The van der Waals surface area contributed by atoms with Gasteiger partial charge in [0.15, 0.2) is 5.78 Å². The summed E-state index contributed by atoms with van der Waals surface area (Å²) in [5.41, 5.74) is 1.30. The lowest BCUT2D eigenvalue weighted by atomic mass is 9.76. The van der Waals surface area contributed by atoms with E-state index in [1.165, 1.54) is 12.0 Å². The molecule has 1 amide bonds. The van der Waals surface area contributed by atoms with Gasteiger partial charge in [0.2, 0.25) is 5.79 Å². The van der Waals surface area contributed by atoms with Crippen LogP contribution in [0.4, 0.5) is 0 Å². The second-order valence-corrected chi connectivity index (χ2v) is 20.0. The molecule has 2 bridgehead atoms. The minimum atomic E-state index is -2.41. The molecule has 0 aromatic carbocycles. The summed E-state index contributed by atoms with van der Waals surface area (Å²) in [5.74, 6) is -7.07. The lowest BCUT2D eigenvalue weighted by molar-refractivity contribution is -0.265. The van der Waals surface area contributed by atoms with Crippen LogP contribution >= 0.6 is 0 Å². The molecule has 3 unspecified atom stereocenters. The zero-order valence-electron chi connectivity index (χ0n) is 41.2. The van der Waals surface area contributed by atoms with Crippen molar-refractivity contribution >= 4 is 29.2 Å². The molecular formula is C52H81NO12. The second-order valence-electron chi connectivity index (χ2n) is 20.0. The molecule has 4 aliphatic rings. The zero-order valence-corrected chi connectivity index (χ0v) is 41.2. The number of hydrogen-bond acceptors (Lipinski definition) is 12. The maximum absolute atomic E-state index is 14.4. The minimum absolute atomic E-state index is 0.0304. The predicted octanol–water partition coefficient (Wildman–Crippen LogP) is 7.46. The number of nitrogens with zero attached hydrogens (tertiary/aromatic N) is 1. The van der Waals surface area contributed by atoms with Gasteiger partial charge in [-0.3, -0.25) is 19.2 Å². The van der Waals surface area contributed by atoms with Crippen molar-refractivity contribution in [3.8, 4) is 0 Å². The molecule has 15 atom stereocenters. The summed E-state index contributed by atoms with van der Waals surface area (Å²) in [7, 11) is 4.70. The number of hydrogen-bond donors (Lipinski definition) is 2. The highest BCUT2D eigenvalue weighted by Gasteiger charge is 2.53. The molecule has 3 heterocycles. The minimum Gasteiger partial charge on any atom is -0.460 e. The summed E-state index contributed by atoms with van der Waals surface area (Å²) in [6.45, 7) is 15.1. The average molecular weight is 912 g/mol. The van der Waals surface area contributed by atoms with Crippen molar-refractivity contribution in [1.29, 1.82) is 0 Å². The van der Waals surface area contributed by atoms with Gasteiger partial charge in [-0.1, -0.05) is 78.0 Å². The third-order valence-electron chi connectivity index (χ3n) is 14.8. The number of ketones is 3. The van der Waals surface area contributed by atoms with E-state index in [9.17, 15) is 34.2 Å². The van der Waals surface area contributed by atoms with Gasteiger partial charge in [-0.05, 0) is 113 Å². The van der Waals surface area contributed by atoms with Crippen LogP contribution in [0.25, 0.3) is 0 Å². The Morgan fingerprint density at radius 3 is 2.25 bits per heavy atom. The Balaban J connectivity index is 1.70. The van der Waals surface area contributed by atoms with Crippen LogP contribution in [0, 0.1) is 41.4 Å². The molecule has 65 heavy (non-hydrogen) atoms. The Bertz CT molecular complexity index is 1750. The molecule has 0 aromatic heterocycles. The van der Waals surface area contributed by atoms with E-state index in [1.807, 2.05) is 58.1 Å². The number of ether oxygens (including phenoxy) is 5. The first kappa shape index (κ1) is 54.3. The van der Waals surface area contributed by atoms with Gasteiger partial charge in [0, 0.05) is 58.5 Å². The molecule has 1 aliphatic carbocycles. The van der Waals surface area contributed by atoms with Gasteiger partial charge in [-0.25, -0.2) is 4.79 Å². The fourth-order valence-corrected chi connectivity index (χ4v) is 10.4. The van der Waals surface area contributed by atoms with Gasteiger partial charge in [0.05, 0.1) is 18.3 Å². The number of methoxy groups -OCH3 is 3. The lowest BCUT2D eigenvalue weighted by Gasteiger charge is -2.42. The van der Waals surface area contributed by atoms with Crippen molar-refractivity contribution in [2.24, 2.45) is 41.4 Å². The summed E-state index contributed by atoms with van der Waals surface area (Å²) in [5, 5.41) is 23.4. The fraction of sp³-hybridized carbons (Fsp3) is 0.750. The summed E-state index contributed by atoms with van der Waals surface area (Å²) in [6.07, 6.45) is 13.6. The summed E-state index contributed by atoms with van der Waals surface area (Å²) in [6, 6.07) is -1.11. The zero-order chi connectivity index (χ0) is 48.2. The molecule has 13 heteroatoms. The van der Waals surface area contributed by atoms with Gasteiger partial charge < -0.3 is 38.8 Å². The maximum Gasteiger partial charge on any atom is 0.329 e. The van der Waals surface area contributed by atoms with Gasteiger partial charge in [0.1, 0.15) is 30.1 Å². The van der Waals surface area contributed by atoms with Crippen LogP contribution in [0.15, 0.2) is 47.6 Å². The number of amides is 1. The lowest BCUT2D eigenvalue weighted by Crippen LogP contribution is -2.61. The molecule has 366 valence electrons. The van der Waals surface area contributed by atoms with E-state index in [2.05, 4.69) is 6.92 Å². The van der Waals surface area contributed by atoms with E-state index < -0.39 is 77.8 Å². The van der Waals surface area contributed by atoms with Gasteiger partial charge in [0.25, 0.3) is 11.7 Å². The quantitative estimate of drug-likeness (QED) is 0.153. The van der Waals surface area contributed by atoms with Crippen LogP contribution < -0.4 is 0 Å². The van der Waals surface area contributed by atoms with Crippen LogP contribution in [-0.4, -0.2) is 121 Å². The summed E-state index contributed by atoms with van der Waals surface area (Å²) >= 11 is 0. The van der Waals surface area contributed by atoms with E-state index in [-0.39, 0.29) is 54.8 Å². The van der Waals surface area contributed by atoms with Crippen molar-refractivity contribution in [1.82, 2.24) is 4.90 Å². The van der Waals surface area contributed by atoms with Gasteiger partial charge in [-0.2, -0.15) is 0 Å². The highest BCUT2D eigenvalue weighted by Crippen LogP contribution is 2.38. The number of aliphatic hydroxyl groups is 2. The molecule has 2 saturated heterocycles. The topological polar surface area (TPSA) is 175 Å². The van der Waals surface area contributed by atoms with Crippen molar-refractivity contribution in [3.63, 3.8) is 0 Å². The average Bonchev–Trinajstić information content (AvgIpc) is 3.28. The van der Waals surface area contributed by atoms with Crippen molar-refractivity contribution in [3.05, 3.63) is 47.6 Å². The van der Waals surface area contributed by atoms with E-state index >= 15 is 0 Å². The Labute approximate surface area is 388 Å². The summed E-state index contributed by atoms with van der Waals surface area (Å²) < 4.78 is 29.7. The Kier molecular flexibility index (Phi) is 21.0. The first-order valence-corrected chi connectivity index (χ1v) is 24.2. The molecule has 1 saturated carbocycles. The Hall–Kier alpha value is -3.33. The van der Waals surface area contributed by atoms with Gasteiger partial charge >= 0.3 is 5.97 Å². The fourth-order valence-electron chi connectivity index (χ4n) is 10.4. The predicted molar refractivity (Wildman–Crippen MR) is 248 cm³/mol. The van der Waals surface area contributed by atoms with E-state index in [1.54, 1.807) is 41.1 Å². The monoisotopic (exact) mass is 912 g/mol. The highest BCUT2D eigenvalue weighted by atomic mass is 16.6. The van der Waals surface area contributed by atoms with Crippen molar-refractivity contribution < 1.29 is 57.9 Å². The highest BCUT2D eigenvalue weighted by molar-refractivity contribution is 6.39. The number of esters is 1. The van der Waals surface area contributed by atoms with E-state index in [0.717, 1.165) is 24.8 Å². The normalized spacial score (nSPS) is 40.4. The van der Waals surface area contributed by atoms with Crippen molar-refractivity contribution in [2.45, 2.75) is 181 Å². The first-order chi connectivity index (χ1) is 30.7. The smallest absolute Gasteiger partial charge is 0.329 e. The molecular weight excluding hydrogens is 831 g/mol. The number of cyclic esters (lactones) is 1. The van der Waals surface area contributed by atoms with Crippen LogP contribution in [-0.2, 0) is 47.7 Å².